The van der Waals surface area contributed by atoms with Crippen LogP contribution in [0.25, 0.3) is 16.9 Å². The number of fused-ring (bicyclic) bond motifs is 1. The number of imidazole rings is 1. The van der Waals surface area contributed by atoms with Gasteiger partial charge >= 0.3 is 0 Å². The Kier molecular flexibility index (Phi) is 1.88. The van der Waals surface area contributed by atoms with Gasteiger partial charge in [-0.25, -0.2) is 15.0 Å². The lowest BCUT2D eigenvalue weighted by Gasteiger charge is -2.03. The van der Waals surface area contributed by atoms with E-state index >= 15 is 0 Å². The van der Waals surface area contributed by atoms with Crippen LogP contribution in [0.3, 0.4) is 0 Å². The Bertz CT molecular complexity index is 658. The molecule has 2 heterocycles. The molecule has 2 aromatic rings. The van der Waals surface area contributed by atoms with Gasteiger partial charge in [-0.05, 0) is 6.42 Å². The standard InChI is InChI=1S/C10H9N5O2/c11-9-7-10(13-3-12-9)15(4-14-7)5-1-2-6(16)8(5)17/h3-4,17H,1-2H2,(H2,11,12,13). The minimum absolute atomic E-state index is 0.221. The highest BCUT2D eigenvalue weighted by Gasteiger charge is 2.25. The summed E-state index contributed by atoms with van der Waals surface area (Å²) in [5.74, 6) is -0.205. The van der Waals surface area contributed by atoms with Crippen molar-refractivity contribution in [3.05, 3.63) is 18.4 Å². The number of aliphatic hydroxyl groups excluding tert-OH is 1. The summed E-state index contributed by atoms with van der Waals surface area (Å²) in [7, 11) is 0. The van der Waals surface area contributed by atoms with Gasteiger partial charge in [0.1, 0.15) is 12.7 Å². The summed E-state index contributed by atoms with van der Waals surface area (Å²) in [6.07, 6.45) is 3.59. The van der Waals surface area contributed by atoms with Crippen molar-refractivity contribution in [2.75, 3.05) is 5.73 Å². The fourth-order valence-corrected chi connectivity index (χ4v) is 1.91. The van der Waals surface area contributed by atoms with Crippen LogP contribution < -0.4 is 5.73 Å². The lowest BCUT2D eigenvalue weighted by atomic mass is 10.3. The van der Waals surface area contributed by atoms with Crippen molar-refractivity contribution < 1.29 is 9.90 Å². The molecule has 0 amide bonds. The highest BCUT2D eigenvalue weighted by molar-refractivity contribution is 6.03. The van der Waals surface area contributed by atoms with Gasteiger partial charge in [-0.1, -0.05) is 0 Å². The summed E-state index contributed by atoms with van der Waals surface area (Å²) < 4.78 is 1.58. The number of nitrogen functional groups attached to an aromatic ring is 1. The number of carbonyl (C=O) groups is 1. The molecule has 7 heteroatoms. The molecule has 86 valence electrons. The third kappa shape index (κ3) is 1.28. The minimum atomic E-state index is -0.260. The van der Waals surface area contributed by atoms with Gasteiger partial charge in [0.25, 0.3) is 0 Å². The Morgan fingerprint density at radius 2 is 2.12 bits per heavy atom. The Morgan fingerprint density at radius 1 is 1.29 bits per heavy atom. The van der Waals surface area contributed by atoms with Gasteiger partial charge < -0.3 is 10.8 Å². The first kappa shape index (κ1) is 9.76. The molecule has 0 atom stereocenters. The van der Waals surface area contributed by atoms with Crippen LogP contribution in [0.15, 0.2) is 18.4 Å². The molecule has 2 aromatic heterocycles. The number of rotatable bonds is 1. The van der Waals surface area contributed by atoms with Gasteiger partial charge in [0.15, 0.2) is 28.5 Å². The van der Waals surface area contributed by atoms with E-state index in [9.17, 15) is 9.90 Å². The summed E-state index contributed by atoms with van der Waals surface area (Å²) in [6, 6.07) is 0. The first-order valence-corrected chi connectivity index (χ1v) is 5.07. The van der Waals surface area contributed by atoms with E-state index in [0.717, 1.165) is 0 Å². The average Bonchev–Trinajstić information content (AvgIpc) is 2.86. The number of Topliss-reactive ketones (excluding diaryl/α,β-unsaturated/α-hetero) is 1. The van der Waals surface area contributed by atoms with E-state index in [1.54, 1.807) is 4.57 Å². The quantitative estimate of drug-likeness (QED) is 0.739. The molecule has 0 bridgehead atoms. The molecule has 3 N–H and O–H groups in total. The monoisotopic (exact) mass is 231 g/mol. The molecular formula is C10H9N5O2. The first-order chi connectivity index (χ1) is 8.18. The largest absolute Gasteiger partial charge is 0.503 e. The van der Waals surface area contributed by atoms with E-state index in [1.165, 1.54) is 12.7 Å². The molecule has 1 aliphatic carbocycles. The number of anilines is 1. The number of allylic oxidation sites excluding steroid dienone is 2. The van der Waals surface area contributed by atoms with Crippen LogP contribution in [0.1, 0.15) is 12.8 Å². The lowest BCUT2D eigenvalue weighted by molar-refractivity contribution is -0.117. The van der Waals surface area contributed by atoms with E-state index in [4.69, 9.17) is 5.73 Å². The van der Waals surface area contributed by atoms with E-state index < -0.39 is 0 Å². The van der Waals surface area contributed by atoms with Crippen LogP contribution in [-0.4, -0.2) is 30.4 Å². The summed E-state index contributed by atoms with van der Waals surface area (Å²) in [5.41, 5.74) is 7.13. The molecule has 0 fully saturated rings. The molecule has 0 unspecified atom stereocenters. The summed E-state index contributed by atoms with van der Waals surface area (Å²) in [5, 5.41) is 9.66. The van der Waals surface area contributed by atoms with Crippen LogP contribution in [-0.2, 0) is 4.79 Å². The van der Waals surface area contributed by atoms with Crippen LogP contribution in [0.2, 0.25) is 0 Å². The highest BCUT2D eigenvalue weighted by Crippen LogP contribution is 2.28. The molecule has 3 rings (SSSR count). The van der Waals surface area contributed by atoms with Crippen molar-refractivity contribution in [3.8, 4) is 0 Å². The maximum Gasteiger partial charge on any atom is 0.199 e. The van der Waals surface area contributed by atoms with E-state index in [1.807, 2.05) is 0 Å². The van der Waals surface area contributed by atoms with Gasteiger partial charge in [0.05, 0.1) is 5.70 Å². The molecule has 0 aromatic carbocycles. The van der Waals surface area contributed by atoms with E-state index in [-0.39, 0.29) is 17.4 Å². The molecule has 0 radical (unpaired) electrons. The van der Waals surface area contributed by atoms with Gasteiger partial charge in [-0.2, -0.15) is 0 Å². The molecular weight excluding hydrogens is 222 g/mol. The Balaban J connectivity index is 2.26. The summed E-state index contributed by atoms with van der Waals surface area (Å²) >= 11 is 0. The van der Waals surface area contributed by atoms with E-state index in [2.05, 4.69) is 15.0 Å². The third-order valence-corrected chi connectivity index (χ3v) is 2.78. The molecule has 0 saturated carbocycles. The SMILES string of the molecule is Nc1ncnc2c1ncn2C1=C(O)C(=O)CC1. The van der Waals surface area contributed by atoms with Crippen LogP contribution >= 0.6 is 0 Å². The van der Waals surface area contributed by atoms with Gasteiger partial charge in [0.2, 0.25) is 0 Å². The van der Waals surface area contributed by atoms with Crippen LogP contribution in [0, 0.1) is 0 Å². The maximum absolute atomic E-state index is 11.3. The molecule has 1 aliphatic rings. The second kappa shape index (κ2) is 3.27. The Hall–Kier alpha value is -2.44. The lowest BCUT2D eigenvalue weighted by Crippen LogP contribution is -2.00. The van der Waals surface area contributed by atoms with Gasteiger partial charge in [-0.3, -0.25) is 9.36 Å². The summed E-state index contributed by atoms with van der Waals surface area (Å²) in [6.45, 7) is 0. The minimum Gasteiger partial charge on any atom is -0.503 e. The normalized spacial score (nSPS) is 16.1. The molecule has 17 heavy (non-hydrogen) atoms. The fourth-order valence-electron chi connectivity index (χ4n) is 1.91. The van der Waals surface area contributed by atoms with Crippen LogP contribution in [0.5, 0.6) is 0 Å². The number of nitrogens with zero attached hydrogens (tertiary/aromatic N) is 4. The number of aliphatic hydroxyl groups is 1. The first-order valence-electron chi connectivity index (χ1n) is 5.07. The van der Waals surface area contributed by atoms with Crippen LogP contribution in [0.4, 0.5) is 5.82 Å². The zero-order valence-corrected chi connectivity index (χ0v) is 8.79. The number of hydrogen-bond donors (Lipinski definition) is 2. The topological polar surface area (TPSA) is 107 Å². The number of carbonyl (C=O) groups excluding carboxylic acids is 1. The number of ketones is 1. The van der Waals surface area contributed by atoms with E-state index in [0.29, 0.717) is 29.7 Å². The van der Waals surface area contributed by atoms with Gasteiger partial charge in [0, 0.05) is 6.42 Å². The van der Waals surface area contributed by atoms with Gasteiger partial charge in [-0.15, -0.1) is 0 Å². The predicted molar refractivity (Wildman–Crippen MR) is 59.8 cm³/mol. The maximum atomic E-state index is 11.3. The van der Waals surface area contributed by atoms with Crippen molar-refractivity contribution >= 4 is 28.5 Å². The molecule has 7 nitrogen and oxygen atoms in total. The third-order valence-electron chi connectivity index (χ3n) is 2.78. The average molecular weight is 231 g/mol. The van der Waals surface area contributed by atoms with Crippen molar-refractivity contribution in [1.29, 1.82) is 0 Å². The Morgan fingerprint density at radius 3 is 2.82 bits per heavy atom. The fraction of sp³-hybridized carbons (Fsp3) is 0.200. The Labute approximate surface area is 95.6 Å². The number of nitrogens with two attached hydrogens (primary N) is 1. The van der Waals surface area contributed by atoms with Crippen molar-refractivity contribution in [2.24, 2.45) is 0 Å². The highest BCUT2D eigenvalue weighted by atomic mass is 16.3. The molecule has 0 spiro atoms. The number of aromatic nitrogens is 4. The zero-order valence-electron chi connectivity index (χ0n) is 8.79. The zero-order chi connectivity index (χ0) is 12.0. The molecule has 0 saturated heterocycles. The smallest absolute Gasteiger partial charge is 0.199 e. The predicted octanol–water partition coefficient (Wildman–Crippen LogP) is 0.498. The van der Waals surface area contributed by atoms with Crippen molar-refractivity contribution in [1.82, 2.24) is 19.5 Å². The second-order valence-corrected chi connectivity index (χ2v) is 3.76. The van der Waals surface area contributed by atoms with Crippen molar-refractivity contribution in [2.45, 2.75) is 12.8 Å². The molecule has 0 aliphatic heterocycles. The number of hydrogen-bond acceptors (Lipinski definition) is 6. The van der Waals surface area contributed by atoms with Crippen molar-refractivity contribution in [3.63, 3.8) is 0 Å². The second-order valence-electron chi connectivity index (χ2n) is 3.76. The summed E-state index contributed by atoms with van der Waals surface area (Å²) in [4.78, 5) is 23.2.